The number of aryl methyl sites for hydroxylation is 1. The van der Waals surface area contributed by atoms with Crippen molar-refractivity contribution in [3.63, 3.8) is 0 Å². The smallest absolute Gasteiger partial charge is 0.287 e. The first-order chi connectivity index (χ1) is 10.6. The summed E-state index contributed by atoms with van der Waals surface area (Å²) in [5.74, 6) is 0.910. The average Bonchev–Trinajstić information content (AvgIpc) is 2.86. The van der Waals surface area contributed by atoms with Crippen LogP contribution >= 0.6 is 0 Å². The first-order valence-electron chi connectivity index (χ1n) is 7.64. The molecule has 0 unspecified atom stereocenters. The topological polar surface area (TPSA) is 71.7 Å². The third-order valence-electron chi connectivity index (χ3n) is 4.38. The van der Waals surface area contributed by atoms with E-state index in [-0.39, 0.29) is 18.1 Å². The number of hydrogen-bond donors (Lipinski definition) is 2. The largest absolute Gasteiger partial charge is 0.497 e. The third-order valence-corrected chi connectivity index (χ3v) is 4.38. The Morgan fingerprint density at radius 3 is 2.73 bits per heavy atom. The normalized spacial score (nSPS) is 21.8. The molecule has 0 saturated heterocycles. The summed E-state index contributed by atoms with van der Waals surface area (Å²) in [5, 5.41) is 13.4. The van der Waals surface area contributed by atoms with E-state index < -0.39 is 0 Å². The second-order valence-electron chi connectivity index (χ2n) is 5.90. The van der Waals surface area contributed by atoms with Crippen LogP contribution in [0.5, 0.6) is 5.75 Å². The number of fused-ring (bicyclic) bond motifs is 1. The zero-order valence-electron chi connectivity index (χ0n) is 12.9. The lowest BCUT2D eigenvalue weighted by atomic mass is 9.93. The van der Waals surface area contributed by atoms with Crippen molar-refractivity contribution < 1.29 is 19.1 Å². The number of nitrogens with one attached hydrogen (secondary N) is 1. The molecule has 0 spiro atoms. The van der Waals surface area contributed by atoms with E-state index in [4.69, 9.17) is 9.15 Å². The van der Waals surface area contributed by atoms with Gasteiger partial charge in [0, 0.05) is 17.0 Å². The predicted octanol–water partition coefficient (Wildman–Crippen LogP) is 2.78. The van der Waals surface area contributed by atoms with Crippen LogP contribution in [0.25, 0.3) is 11.0 Å². The highest BCUT2D eigenvalue weighted by molar-refractivity contribution is 5.99. The fourth-order valence-electron chi connectivity index (χ4n) is 3.01. The number of rotatable bonds is 3. The Bertz CT molecular complexity index is 683. The van der Waals surface area contributed by atoms with Gasteiger partial charge in [-0.25, -0.2) is 0 Å². The van der Waals surface area contributed by atoms with Gasteiger partial charge in [-0.1, -0.05) is 0 Å². The van der Waals surface area contributed by atoms with Gasteiger partial charge in [-0.15, -0.1) is 0 Å². The number of carbonyl (C=O) groups is 1. The maximum atomic E-state index is 12.4. The van der Waals surface area contributed by atoms with Gasteiger partial charge in [0.1, 0.15) is 11.3 Å². The van der Waals surface area contributed by atoms with Crippen LogP contribution in [0.15, 0.2) is 22.6 Å². The van der Waals surface area contributed by atoms with Crippen LogP contribution in [0.2, 0.25) is 0 Å². The summed E-state index contributed by atoms with van der Waals surface area (Å²) >= 11 is 0. The minimum Gasteiger partial charge on any atom is -0.497 e. The van der Waals surface area contributed by atoms with Crippen LogP contribution < -0.4 is 10.1 Å². The van der Waals surface area contributed by atoms with E-state index in [1.807, 2.05) is 25.1 Å². The van der Waals surface area contributed by atoms with Crippen molar-refractivity contribution in [2.24, 2.45) is 0 Å². The molecule has 0 radical (unpaired) electrons. The van der Waals surface area contributed by atoms with Gasteiger partial charge in [0.25, 0.3) is 5.91 Å². The quantitative estimate of drug-likeness (QED) is 0.914. The minimum atomic E-state index is -0.228. The van der Waals surface area contributed by atoms with E-state index in [0.29, 0.717) is 11.3 Å². The fraction of sp³-hybridized carbons (Fsp3) is 0.471. The summed E-state index contributed by atoms with van der Waals surface area (Å²) < 4.78 is 10.9. The van der Waals surface area contributed by atoms with Gasteiger partial charge in [-0.3, -0.25) is 4.79 Å². The summed E-state index contributed by atoms with van der Waals surface area (Å²) in [6, 6.07) is 5.62. The average molecular weight is 303 g/mol. The Balaban J connectivity index is 1.80. The van der Waals surface area contributed by atoms with Gasteiger partial charge >= 0.3 is 0 Å². The van der Waals surface area contributed by atoms with E-state index in [1.165, 1.54) is 0 Å². The first-order valence-corrected chi connectivity index (χ1v) is 7.64. The molecule has 118 valence electrons. The molecule has 1 aliphatic rings. The molecule has 1 aromatic heterocycles. The lowest BCUT2D eigenvalue weighted by molar-refractivity contribution is 0.0844. The van der Waals surface area contributed by atoms with Gasteiger partial charge < -0.3 is 19.6 Å². The standard InChI is InChI=1S/C17H21NO4/c1-10-14-9-13(21-2)7-8-15(14)22-16(10)17(20)18-11-3-5-12(19)6-4-11/h7-9,11-12,19H,3-6H2,1-2H3,(H,18,20). The molecule has 1 aromatic carbocycles. The molecule has 2 aromatic rings. The molecule has 22 heavy (non-hydrogen) atoms. The maximum Gasteiger partial charge on any atom is 0.287 e. The Labute approximate surface area is 129 Å². The Morgan fingerprint density at radius 2 is 2.05 bits per heavy atom. The van der Waals surface area contributed by atoms with E-state index in [1.54, 1.807) is 7.11 Å². The number of methoxy groups -OCH3 is 1. The van der Waals surface area contributed by atoms with Crippen LogP contribution in [0.3, 0.4) is 0 Å². The fourth-order valence-corrected chi connectivity index (χ4v) is 3.01. The van der Waals surface area contributed by atoms with Crippen molar-refractivity contribution >= 4 is 16.9 Å². The van der Waals surface area contributed by atoms with Crippen molar-refractivity contribution in [1.82, 2.24) is 5.32 Å². The molecule has 1 saturated carbocycles. The van der Waals surface area contributed by atoms with Crippen molar-refractivity contribution in [2.45, 2.75) is 44.8 Å². The Kier molecular flexibility index (Phi) is 4.07. The zero-order chi connectivity index (χ0) is 15.7. The molecule has 0 atom stereocenters. The van der Waals surface area contributed by atoms with Crippen molar-refractivity contribution in [2.75, 3.05) is 7.11 Å². The molecule has 3 rings (SSSR count). The summed E-state index contributed by atoms with van der Waals surface area (Å²) in [7, 11) is 1.61. The second-order valence-corrected chi connectivity index (χ2v) is 5.90. The molecule has 1 amide bonds. The summed E-state index contributed by atoms with van der Waals surface area (Å²) in [6.45, 7) is 1.88. The van der Waals surface area contributed by atoms with Gasteiger partial charge in [-0.2, -0.15) is 0 Å². The molecule has 1 heterocycles. The van der Waals surface area contributed by atoms with Gasteiger partial charge in [0.15, 0.2) is 5.76 Å². The van der Waals surface area contributed by atoms with Gasteiger partial charge in [-0.05, 0) is 50.8 Å². The van der Waals surface area contributed by atoms with Crippen molar-refractivity contribution in [3.8, 4) is 5.75 Å². The molecule has 0 aliphatic heterocycles. The van der Waals surface area contributed by atoms with Crippen LogP contribution in [-0.2, 0) is 0 Å². The summed E-state index contributed by atoms with van der Waals surface area (Å²) in [5.41, 5.74) is 1.50. The number of aliphatic hydroxyl groups excluding tert-OH is 1. The highest BCUT2D eigenvalue weighted by Gasteiger charge is 2.24. The van der Waals surface area contributed by atoms with Gasteiger partial charge in [0.05, 0.1) is 13.2 Å². The van der Waals surface area contributed by atoms with Crippen LogP contribution in [0, 0.1) is 6.92 Å². The number of ether oxygens (including phenoxy) is 1. The first kappa shape index (κ1) is 14.9. The SMILES string of the molecule is COc1ccc2oc(C(=O)NC3CCC(O)CC3)c(C)c2c1. The monoisotopic (exact) mass is 303 g/mol. The number of hydrogen-bond acceptors (Lipinski definition) is 4. The maximum absolute atomic E-state index is 12.4. The van der Waals surface area contributed by atoms with Crippen LogP contribution in [0.1, 0.15) is 41.8 Å². The molecule has 5 heteroatoms. The molecule has 2 N–H and O–H groups in total. The predicted molar refractivity (Wildman–Crippen MR) is 83.2 cm³/mol. The van der Waals surface area contributed by atoms with E-state index in [0.717, 1.165) is 42.4 Å². The van der Waals surface area contributed by atoms with Crippen molar-refractivity contribution in [3.05, 3.63) is 29.5 Å². The number of furan rings is 1. The number of amides is 1. The lowest BCUT2D eigenvalue weighted by Gasteiger charge is -2.25. The molecular weight excluding hydrogens is 282 g/mol. The van der Waals surface area contributed by atoms with Crippen molar-refractivity contribution in [1.29, 1.82) is 0 Å². The molecule has 0 bridgehead atoms. The lowest BCUT2D eigenvalue weighted by Crippen LogP contribution is -2.38. The Morgan fingerprint density at radius 1 is 1.32 bits per heavy atom. The highest BCUT2D eigenvalue weighted by Crippen LogP contribution is 2.29. The highest BCUT2D eigenvalue weighted by atomic mass is 16.5. The number of benzene rings is 1. The number of carbonyl (C=O) groups excluding carboxylic acids is 1. The van der Waals surface area contributed by atoms with E-state index in [9.17, 15) is 9.90 Å². The molecular formula is C17H21NO4. The number of aliphatic hydroxyl groups is 1. The van der Waals surface area contributed by atoms with E-state index >= 15 is 0 Å². The second kappa shape index (κ2) is 6.01. The molecule has 1 fully saturated rings. The summed E-state index contributed by atoms with van der Waals surface area (Å²) in [4.78, 5) is 12.4. The molecule has 5 nitrogen and oxygen atoms in total. The zero-order valence-corrected chi connectivity index (χ0v) is 12.9. The molecule has 1 aliphatic carbocycles. The third kappa shape index (κ3) is 2.81. The van der Waals surface area contributed by atoms with E-state index in [2.05, 4.69) is 5.32 Å². The van der Waals surface area contributed by atoms with Crippen LogP contribution in [0.4, 0.5) is 0 Å². The summed E-state index contributed by atoms with van der Waals surface area (Å²) in [6.07, 6.45) is 2.86. The minimum absolute atomic E-state index is 0.109. The van der Waals surface area contributed by atoms with Gasteiger partial charge in [0.2, 0.25) is 0 Å². The Hall–Kier alpha value is -2.01. The van der Waals surface area contributed by atoms with Crippen LogP contribution in [-0.4, -0.2) is 30.3 Å².